The lowest BCUT2D eigenvalue weighted by molar-refractivity contribution is -0.750. The number of hydrogen-bond donors (Lipinski definition) is 1. The van der Waals surface area contributed by atoms with Crippen molar-refractivity contribution in [2.24, 2.45) is 15.8 Å². The van der Waals surface area contributed by atoms with Gasteiger partial charge in [0.1, 0.15) is 23.4 Å². The molecule has 158 valence electrons. The zero-order chi connectivity index (χ0) is 22.3. The maximum atomic E-state index is 6.77. The first-order valence-corrected chi connectivity index (χ1v) is 10.8. The van der Waals surface area contributed by atoms with Gasteiger partial charge >= 0.3 is 0 Å². The predicted octanol–water partition coefficient (Wildman–Crippen LogP) is 5.86. The van der Waals surface area contributed by atoms with Gasteiger partial charge in [-0.05, 0) is 47.5 Å². The van der Waals surface area contributed by atoms with E-state index in [1.165, 1.54) is 0 Å². The quantitative estimate of drug-likeness (QED) is 0.408. The average molecular weight is 430 g/mol. The van der Waals surface area contributed by atoms with Crippen molar-refractivity contribution < 1.29 is 9.33 Å². The molecule has 0 spiro atoms. The van der Waals surface area contributed by atoms with Crippen molar-refractivity contribution in [3.63, 3.8) is 0 Å². The van der Waals surface area contributed by atoms with E-state index in [1.54, 1.807) is 12.4 Å². The Morgan fingerprint density at radius 2 is 1.58 bits per heavy atom. The van der Waals surface area contributed by atoms with Gasteiger partial charge in [0.05, 0.1) is 18.0 Å². The summed E-state index contributed by atoms with van der Waals surface area (Å²) >= 11 is 0. The van der Waals surface area contributed by atoms with Gasteiger partial charge in [-0.2, -0.15) is 10.8 Å². The average Bonchev–Trinajstić information content (AvgIpc) is 3.12. The Kier molecular flexibility index (Phi) is 4.50. The van der Waals surface area contributed by atoms with Crippen LogP contribution in [0, 0.1) is 0 Å². The smallest absolute Gasteiger partial charge is 0.265 e. The number of rotatable bonds is 5. The number of nitrogens with two attached hydrogens (primary N) is 1. The van der Waals surface area contributed by atoms with Gasteiger partial charge in [0.2, 0.25) is 5.70 Å². The molecule has 0 saturated heterocycles. The number of hydrogen-bond acceptors (Lipinski definition) is 4. The lowest BCUT2D eigenvalue weighted by Crippen LogP contribution is -2.53. The first kappa shape index (κ1) is 19.4. The van der Waals surface area contributed by atoms with E-state index in [4.69, 9.17) is 15.6 Å². The van der Waals surface area contributed by atoms with Gasteiger partial charge in [0, 0.05) is 5.57 Å². The van der Waals surface area contributed by atoms with Crippen LogP contribution in [0.1, 0.15) is 5.56 Å². The Labute approximate surface area is 192 Å². The maximum absolute atomic E-state index is 6.77. The first-order chi connectivity index (χ1) is 16.2. The standard InChI is InChI=1S/C28H21N4O/c29-32-17-16-30-19-26(32)27(21-8-4-9-21)31-28(32)22-12-14-24(15-13-22)33-25-11-5-10-23(18-25)20-6-2-1-3-7-20/h1-19H,29H2/q+1. The van der Waals surface area contributed by atoms with Crippen LogP contribution >= 0.6 is 0 Å². The molecule has 0 bridgehead atoms. The first-order valence-electron chi connectivity index (χ1n) is 10.8. The summed E-state index contributed by atoms with van der Waals surface area (Å²) in [5.41, 5.74) is 5.99. The van der Waals surface area contributed by atoms with E-state index in [0.717, 1.165) is 51.0 Å². The molecule has 6 rings (SSSR count). The summed E-state index contributed by atoms with van der Waals surface area (Å²) in [6.45, 7) is 0. The molecule has 0 radical (unpaired) electrons. The molecule has 1 aliphatic carbocycles. The van der Waals surface area contributed by atoms with Crippen molar-refractivity contribution in [2.75, 3.05) is 0 Å². The fraction of sp³-hybridized carbons (Fsp3) is 0. The molecule has 5 heteroatoms. The molecule has 3 aliphatic rings. The molecule has 0 fully saturated rings. The van der Waals surface area contributed by atoms with E-state index in [9.17, 15) is 0 Å². The number of nitrogens with zero attached hydrogens (tertiary/aromatic N) is 3. The third-order valence-corrected chi connectivity index (χ3v) is 5.91. The molecule has 0 amide bonds. The van der Waals surface area contributed by atoms with Crippen LogP contribution < -0.4 is 10.6 Å². The Morgan fingerprint density at radius 3 is 2.33 bits per heavy atom. The van der Waals surface area contributed by atoms with Gasteiger partial charge in [0.25, 0.3) is 5.84 Å². The summed E-state index contributed by atoms with van der Waals surface area (Å²) in [4.78, 5) is 9.17. The Bertz CT molecular complexity index is 1430. The zero-order valence-corrected chi connectivity index (χ0v) is 17.8. The lowest BCUT2D eigenvalue weighted by atomic mass is 10.0. The monoisotopic (exact) mass is 429 g/mol. The molecule has 2 aliphatic heterocycles. The van der Waals surface area contributed by atoms with E-state index < -0.39 is 0 Å². The topological polar surface area (TPSA) is 60.0 Å². The highest BCUT2D eigenvalue weighted by Crippen LogP contribution is 2.36. The molecule has 0 saturated carbocycles. The summed E-state index contributed by atoms with van der Waals surface area (Å²) in [6.07, 6.45) is 11.4. The van der Waals surface area contributed by atoms with Gasteiger partial charge in [0.15, 0.2) is 0 Å². The van der Waals surface area contributed by atoms with E-state index in [2.05, 4.69) is 23.2 Å². The van der Waals surface area contributed by atoms with E-state index >= 15 is 0 Å². The highest BCUT2D eigenvalue weighted by atomic mass is 16.5. The second-order valence-corrected chi connectivity index (χ2v) is 8.02. The van der Waals surface area contributed by atoms with Crippen molar-refractivity contribution in [1.82, 2.24) is 0 Å². The second-order valence-electron chi connectivity index (χ2n) is 8.02. The maximum Gasteiger partial charge on any atom is 0.265 e. The van der Waals surface area contributed by atoms with Crippen molar-refractivity contribution in [3.8, 4) is 22.6 Å². The fourth-order valence-corrected chi connectivity index (χ4v) is 4.12. The number of allylic oxidation sites excluding steroid dienone is 4. The van der Waals surface area contributed by atoms with Gasteiger partial charge in [-0.1, -0.05) is 60.7 Å². The molecule has 3 aromatic rings. The van der Waals surface area contributed by atoms with Crippen molar-refractivity contribution >= 4 is 12.1 Å². The number of quaternary nitrogens is 1. The zero-order valence-electron chi connectivity index (χ0n) is 17.8. The van der Waals surface area contributed by atoms with Crippen LogP contribution in [0.4, 0.5) is 0 Å². The number of aliphatic imine (C=N–C) groups is 2. The SMILES string of the molecule is N[N+]12C=CN=CC1=C(C1=CC=C1)N=C2c1ccc(Oc2cccc(-c3ccccc3)c2)cc1. The van der Waals surface area contributed by atoms with Crippen molar-refractivity contribution in [2.45, 2.75) is 0 Å². The molecule has 2 heterocycles. The Morgan fingerprint density at radius 1 is 0.788 bits per heavy atom. The third kappa shape index (κ3) is 3.36. The lowest BCUT2D eigenvalue weighted by Gasteiger charge is -2.26. The number of ether oxygens (including phenoxy) is 1. The minimum atomic E-state index is 0.00331. The molecule has 2 N–H and O–H groups in total. The highest BCUT2D eigenvalue weighted by Gasteiger charge is 2.44. The van der Waals surface area contributed by atoms with E-state index in [1.807, 2.05) is 85.1 Å². The van der Waals surface area contributed by atoms with Crippen LogP contribution in [0.2, 0.25) is 0 Å². The second kappa shape index (κ2) is 7.67. The van der Waals surface area contributed by atoms with Crippen LogP contribution in [-0.4, -0.2) is 16.6 Å². The molecule has 0 aromatic heterocycles. The van der Waals surface area contributed by atoms with Gasteiger partial charge in [-0.15, -0.1) is 4.59 Å². The van der Waals surface area contributed by atoms with Gasteiger partial charge in [-0.25, -0.2) is 0 Å². The van der Waals surface area contributed by atoms with Crippen LogP contribution in [0.3, 0.4) is 0 Å². The van der Waals surface area contributed by atoms with E-state index in [-0.39, 0.29) is 4.59 Å². The fourth-order valence-electron chi connectivity index (χ4n) is 4.12. The molecule has 5 nitrogen and oxygen atoms in total. The molecule has 33 heavy (non-hydrogen) atoms. The number of fused-ring (bicyclic) bond motifs is 1. The number of benzene rings is 3. The van der Waals surface area contributed by atoms with Crippen molar-refractivity contribution in [3.05, 3.63) is 132 Å². The molecule has 3 aromatic carbocycles. The minimum absolute atomic E-state index is 0.00331. The highest BCUT2D eigenvalue weighted by molar-refractivity contribution is 6.01. The van der Waals surface area contributed by atoms with Crippen LogP contribution in [-0.2, 0) is 0 Å². The van der Waals surface area contributed by atoms with E-state index in [0.29, 0.717) is 0 Å². The molecule has 1 unspecified atom stereocenters. The van der Waals surface area contributed by atoms with Crippen LogP contribution in [0.25, 0.3) is 11.1 Å². The number of amidine groups is 1. The normalized spacial score (nSPS) is 20.3. The summed E-state index contributed by atoms with van der Waals surface area (Å²) in [5.74, 6) is 9.06. The minimum Gasteiger partial charge on any atom is -0.457 e. The van der Waals surface area contributed by atoms with Crippen LogP contribution in [0.5, 0.6) is 11.5 Å². The Balaban J connectivity index is 1.27. The van der Waals surface area contributed by atoms with Crippen LogP contribution in [0.15, 0.2) is 136 Å². The molecule has 1 atom stereocenters. The van der Waals surface area contributed by atoms with Crippen molar-refractivity contribution in [1.29, 1.82) is 0 Å². The molecular formula is C28H21N4O+. The summed E-state index contributed by atoms with van der Waals surface area (Å²) < 4.78 is 6.14. The largest absolute Gasteiger partial charge is 0.457 e. The summed E-state index contributed by atoms with van der Waals surface area (Å²) in [6, 6.07) is 26.2. The predicted molar refractivity (Wildman–Crippen MR) is 131 cm³/mol. The molecular weight excluding hydrogens is 408 g/mol. The Hall–Kier alpha value is -4.32. The summed E-state index contributed by atoms with van der Waals surface area (Å²) in [5, 5.41) is 0. The van der Waals surface area contributed by atoms with Gasteiger partial charge in [-0.3, -0.25) is 4.99 Å². The van der Waals surface area contributed by atoms with Gasteiger partial charge < -0.3 is 4.74 Å². The summed E-state index contributed by atoms with van der Waals surface area (Å²) in [7, 11) is 0. The third-order valence-electron chi connectivity index (χ3n) is 5.91.